The summed E-state index contributed by atoms with van der Waals surface area (Å²) in [7, 11) is 0. The summed E-state index contributed by atoms with van der Waals surface area (Å²) in [5.41, 5.74) is 11.0. The van der Waals surface area contributed by atoms with Crippen LogP contribution in [0.3, 0.4) is 0 Å². The largest absolute Gasteiger partial charge is 0.478 e. The van der Waals surface area contributed by atoms with Gasteiger partial charge in [0.25, 0.3) is 0 Å². The lowest BCUT2D eigenvalue weighted by Gasteiger charge is -2.03. The predicted octanol–water partition coefficient (Wildman–Crippen LogP) is -0.307. The molecule has 0 heterocycles. The Morgan fingerprint density at radius 1 is 1.73 bits per heavy atom. The molecule has 4 nitrogen and oxygen atoms in total. The number of hydrogen-bond donors (Lipinski definition) is 3. The van der Waals surface area contributed by atoms with Crippen molar-refractivity contribution >= 4 is 5.97 Å². The van der Waals surface area contributed by atoms with Gasteiger partial charge in [-0.1, -0.05) is 6.08 Å². The molecule has 1 unspecified atom stereocenters. The predicted molar refractivity (Wildman–Crippen MR) is 43.0 cm³/mol. The second-order valence-corrected chi connectivity index (χ2v) is 2.42. The molecule has 64 valence electrons. The van der Waals surface area contributed by atoms with E-state index in [4.69, 9.17) is 16.6 Å². The van der Waals surface area contributed by atoms with Crippen LogP contribution in [0.25, 0.3) is 0 Å². The van der Waals surface area contributed by atoms with Crippen molar-refractivity contribution < 1.29 is 9.90 Å². The van der Waals surface area contributed by atoms with Crippen LogP contribution in [0, 0.1) is 0 Å². The first kappa shape index (κ1) is 10.1. The average molecular weight is 158 g/mol. The zero-order valence-electron chi connectivity index (χ0n) is 6.58. The third-order valence-corrected chi connectivity index (χ3v) is 1.37. The van der Waals surface area contributed by atoms with Crippen molar-refractivity contribution in [3.63, 3.8) is 0 Å². The summed E-state index contributed by atoms with van der Waals surface area (Å²) in [6.45, 7) is 1.91. The van der Waals surface area contributed by atoms with Crippen LogP contribution in [0.2, 0.25) is 0 Å². The molecule has 0 saturated carbocycles. The van der Waals surface area contributed by atoms with Crippen LogP contribution in [0.4, 0.5) is 0 Å². The number of nitrogens with two attached hydrogens (primary N) is 2. The monoisotopic (exact) mass is 158 g/mol. The fourth-order valence-electron chi connectivity index (χ4n) is 0.512. The molecule has 0 bridgehead atoms. The molecule has 0 aromatic heterocycles. The van der Waals surface area contributed by atoms with Crippen LogP contribution < -0.4 is 11.5 Å². The minimum atomic E-state index is -0.908. The summed E-state index contributed by atoms with van der Waals surface area (Å²) in [4.78, 5) is 10.3. The molecule has 0 radical (unpaired) electrons. The van der Waals surface area contributed by atoms with Gasteiger partial charge in [-0.3, -0.25) is 0 Å². The molecule has 0 spiro atoms. The number of aliphatic carboxylic acids is 1. The Kier molecular flexibility index (Phi) is 4.49. The van der Waals surface area contributed by atoms with Crippen molar-refractivity contribution in [1.82, 2.24) is 0 Å². The van der Waals surface area contributed by atoms with Gasteiger partial charge in [-0.05, 0) is 13.3 Å². The first-order chi connectivity index (χ1) is 5.07. The molecule has 0 aliphatic heterocycles. The molecule has 0 aliphatic carbocycles. The first-order valence-corrected chi connectivity index (χ1v) is 3.43. The second-order valence-electron chi connectivity index (χ2n) is 2.42. The molecule has 0 rings (SSSR count). The summed E-state index contributed by atoms with van der Waals surface area (Å²) in [6, 6.07) is -0.135. The third-order valence-electron chi connectivity index (χ3n) is 1.37. The molecule has 5 N–H and O–H groups in total. The number of carboxylic acid groups (broad SMARTS) is 1. The Morgan fingerprint density at radius 3 is 2.64 bits per heavy atom. The van der Waals surface area contributed by atoms with E-state index in [1.54, 1.807) is 6.08 Å². The molecule has 0 amide bonds. The Morgan fingerprint density at radius 2 is 2.27 bits per heavy atom. The SMILES string of the molecule is CC(=CCC(N)CN)C(=O)O. The zero-order valence-corrected chi connectivity index (χ0v) is 6.58. The number of rotatable bonds is 4. The van der Waals surface area contributed by atoms with Gasteiger partial charge < -0.3 is 16.6 Å². The van der Waals surface area contributed by atoms with Gasteiger partial charge in [0, 0.05) is 18.2 Å². The van der Waals surface area contributed by atoms with Crippen LogP contribution in [-0.2, 0) is 4.79 Å². The zero-order chi connectivity index (χ0) is 8.85. The fraction of sp³-hybridized carbons (Fsp3) is 0.571. The Bertz CT molecular complexity index is 166. The van der Waals surface area contributed by atoms with E-state index in [9.17, 15) is 4.79 Å². The van der Waals surface area contributed by atoms with Crippen LogP contribution in [0.15, 0.2) is 11.6 Å². The van der Waals surface area contributed by atoms with Crippen LogP contribution in [0.5, 0.6) is 0 Å². The maximum Gasteiger partial charge on any atom is 0.330 e. The van der Waals surface area contributed by atoms with E-state index in [0.29, 0.717) is 18.5 Å². The van der Waals surface area contributed by atoms with Crippen molar-refractivity contribution in [2.75, 3.05) is 6.54 Å². The van der Waals surface area contributed by atoms with Gasteiger partial charge in [0.05, 0.1) is 0 Å². The first-order valence-electron chi connectivity index (χ1n) is 3.43. The lowest BCUT2D eigenvalue weighted by atomic mass is 10.1. The van der Waals surface area contributed by atoms with Crippen LogP contribution in [-0.4, -0.2) is 23.7 Å². The lowest BCUT2D eigenvalue weighted by molar-refractivity contribution is -0.132. The fourth-order valence-corrected chi connectivity index (χ4v) is 0.512. The van der Waals surface area contributed by atoms with Crippen molar-refractivity contribution in [2.45, 2.75) is 19.4 Å². The molecule has 0 fully saturated rings. The van der Waals surface area contributed by atoms with Gasteiger partial charge >= 0.3 is 5.97 Å². The van der Waals surface area contributed by atoms with Crippen molar-refractivity contribution in [1.29, 1.82) is 0 Å². The second kappa shape index (κ2) is 4.87. The number of hydrogen-bond acceptors (Lipinski definition) is 3. The molecule has 0 saturated heterocycles. The highest BCUT2D eigenvalue weighted by molar-refractivity contribution is 5.85. The van der Waals surface area contributed by atoms with E-state index in [0.717, 1.165) is 0 Å². The normalized spacial score (nSPS) is 14.6. The lowest BCUT2D eigenvalue weighted by Crippen LogP contribution is -2.28. The minimum Gasteiger partial charge on any atom is -0.478 e. The number of carboxylic acids is 1. The van der Waals surface area contributed by atoms with Crippen molar-refractivity contribution in [2.24, 2.45) is 11.5 Å². The number of carbonyl (C=O) groups is 1. The van der Waals surface area contributed by atoms with E-state index in [1.807, 2.05) is 0 Å². The maximum absolute atomic E-state index is 10.3. The molecular formula is C7H14N2O2. The third kappa shape index (κ3) is 4.52. The molecule has 0 aliphatic rings. The van der Waals surface area contributed by atoms with Gasteiger partial charge in [0.1, 0.15) is 0 Å². The summed E-state index contributed by atoms with van der Waals surface area (Å²) in [5.74, 6) is -0.908. The highest BCUT2D eigenvalue weighted by Gasteiger charge is 2.00. The Hall–Kier alpha value is -0.870. The highest BCUT2D eigenvalue weighted by atomic mass is 16.4. The van der Waals surface area contributed by atoms with Crippen molar-refractivity contribution in [3.05, 3.63) is 11.6 Å². The minimum absolute atomic E-state index is 0.135. The molecule has 11 heavy (non-hydrogen) atoms. The Labute approximate surface area is 65.9 Å². The van der Waals surface area contributed by atoms with Gasteiger partial charge in [-0.2, -0.15) is 0 Å². The van der Waals surface area contributed by atoms with E-state index >= 15 is 0 Å². The summed E-state index contributed by atoms with van der Waals surface area (Å²) < 4.78 is 0. The van der Waals surface area contributed by atoms with Crippen LogP contribution in [0.1, 0.15) is 13.3 Å². The van der Waals surface area contributed by atoms with Gasteiger partial charge in [-0.25, -0.2) is 4.79 Å². The summed E-state index contributed by atoms with van der Waals surface area (Å²) >= 11 is 0. The highest BCUT2D eigenvalue weighted by Crippen LogP contribution is 1.96. The van der Waals surface area contributed by atoms with Gasteiger partial charge in [-0.15, -0.1) is 0 Å². The molecule has 0 aromatic carbocycles. The van der Waals surface area contributed by atoms with Crippen LogP contribution >= 0.6 is 0 Å². The van der Waals surface area contributed by atoms with E-state index in [-0.39, 0.29) is 6.04 Å². The molecule has 4 heteroatoms. The van der Waals surface area contributed by atoms with E-state index in [1.165, 1.54) is 6.92 Å². The maximum atomic E-state index is 10.3. The van der Waals surface area contributed by atoms with Gasteiger partial charge in [0.2, 0.25) is 0 Å². The summed E-state index contributed by atoms with van der Waals surface area (Å²) in [6.07, 6.45) is 2.11. The molecule has 0 aromatic rings. The van der Waals surface area contributed by atoms with E-state index in [2.05, 4.69) is 0 Å². The van der Waals surface area contributed by atoms with E-state index < -0.39 is 5.97 Å². The Balaban J connectivity index is 3.82. The molecule has 1 atom stereocenters. The summed E-state index contributed by atoms with van der Waals surface area (Å²) in [5, 5.41) is 8.43. The molecular weight excluding hydrogens is 144 g/mol. The quantitative estimate of drug-likeness (QED) is 0.490. The smallest absolute Gasteiger partial charge is 0.330 e. The standard InChI is InChI=1S/C7H14N2O2/c1-5(7(10)11)2-3-6(9)4-8/h2,6H,3-4,8-9H2,1H3,(H,10,11). The van der Waals surface area contributed by atoms with Gasteiger partial charge in [0.15, 0.2) is 0 Å². The average Bonchev–Trinajstić information content (AvgIpc) is 1.99. The topological polar surface area (TPSA) is 89.3 Å². The van der Waals surface area contributed by atoms with Crippen molar-refractivity contribution in [3.8, 4) is 0 Å².